The van der Waals surface area contributed by atoms with Crippen molar-refractivity contribution in [3.63, 3.8) is 0 Å². The number of carboxylic acid groups (broad SMARTS) is 1. The van der Waals surface area contributed by atoms with Crippen LogP contribution in [0.5, 0.6) is 0 Å². The number of nitrogens with one attached hydrogen (secondary N) is 2. The van der Waals surface area contributed by atoms with E-state index in [-0.39, 0.29) is 35.5 Å². The van der Waals surface area contributed by atoms with Gasteiger partial charge in [-0.05, 0) is 38.0 Å². The number of fused-ring (bicyclic) bond motifs is 1. The summed E-state index contributed by atoms with van der Waals surface area (Å²) in [4.78, 5) is 50.9. The van der Waals surface area contributed by atoms with E-state index < -0.39 is 29.2 Å². The molecule has 0 unspecified atom stereocenters. The monoisotopic (exact) mass is 375 g/mol. The largest absolute Gasteiger partial charge is 0.480 e. The molecule has 2 atom stereocenters. The number of ether oxygens (including phenoxy) is 1. The average molecular weight is 375 g/mol. The van der Waals surface area contributed by atoms with Gasteiger partial charge in [0.25, 0.3) is 11.5 Å². The molecule has 2 aromatic rings. The molecule has 0 saturated carbocycles. The maximum Gasteiger partial charge on any atom is 0.328 e. The van der Waals surface area contributed by atoms with Gasteiger partial charge in [-0.2, -0.15) is 0 Å². The van der Waals surface area contributed by atoms with Gasteiger partial charge in [0.05, 0.1) is 17.5 Å². The number of aromatic nitrogens is 2. The number of amides is 1. The van der Waals surface area contributed by atoms with Crippen LogP contribution in [0.15, 0.2) is 27.8 Å². The van der Waals surface area contributed by atoms with Crippen LogP contribution in [0.2, 0.25) is 0 Å². The molecule has 9 heteroatoms. The van der Waals surface area contributed by atoms with Crippen molar-refractivity contribution in [1.29, 1.82) is 0 Å². The molecule has 1 aromatic heterocycles. The Morgan fingerprint density at radius 3 is 2.81 bits per heavy atom. The van der Waals surface area contributed by atoms with Gasteiger partial charge in [0.2, 0.25) is 0 Å². The van der Waals surface area contributed by atoms with Crippen LogP contribution in [0.4, 0.5) is 0 Å². The fraction of sp³-hybridized carbons (Fsp3) is 0.444. The molecule has 1 aliphatic rings. The van der Waals surface area contributed by atoms with Gasteiger partial charge in [-0.1, -0.05) is 0 Å². The van der Waals surface area contributed by atoms with E-state index in [1.807, 2.05) is 0 Å². The van der Waals surface area contributed by atoms with Gasteiger partial charge in [0, 0.05) is 24.6 Å². The van der Waals surface area contributed by atoms with Crippen LogP contribution in [0, 0.1) is 5.92 Å². The van der Waals surface area contributed by atoms with E-state index >= 15 is 0 Å². The number of rotatable bonds is 5. The topological polar surface area (TPSA) is 130 Å². The lowest BCUT2D eigenvalue weighted by atomic mass is 9.93. The van der Waals surface area contributed by atoms with Crippen molar-refractivity contribution in [2.45, 2.75) is 32.4 Å². The van der Waals surface area contributed by atoms with E-state index in [0.717, 1.165) is 11.0 Å². The van der Waals surface area contributed by atoms with Crippen LogP contribution in [-0.2, 0) is 16.1 Å². The van der Waals surface area contributed by atoms with E-state index in [2.05, 4.69) is 10.3 Å². The fourth-order valence-corrected chi connectivity index (χ4v) is 3.32. The molecule has 0 spiro atoms. The molecule has 1 fully saturated rings. The Bertz CT molecular complexity index is 987. The minimum atomic E-state index is -1.13. The summed E-state index contributed by atoms with van der Waals surface area (Å²) in [6.07, 6.45) is 1.39. The first kappa shape index (κ1) is 18.8. The van der Waals surface area contributed by atoms with Crippen molar-refractivity contribution < 1.29 is 19.4 Å². The van der Waals surface area contributed by atoms with E-state index in [1.54, 1.807) is 6.92 Å². The van der Waals surface area contributed by atoms with Crippen LogP contribution >= 0.6 is 0 Å². The number of aliphatic carboxylic acids is 1. The molecule has 2 heterocycles. The summed E-state index contributed by atoms with van der Waals surface area (Å²) >= 11 is 0. The van der Waals surface area contributed by atoms with Crippen LogP contribution in [0.1, 0.15) is 30.1 Å². The molecule has 9 nitrogen and oxygen atoms in total. The third-order valence-electron chi connectivity index (χ3n) is 4.78. The maximum absolute atomic E-state index is 12.5. The molecule has 0 bridgehead atoms. The first-order valence-corrected chi connectivity index (χ1v) is 8.80. The zero-order valence-corrected chi connectivity index (χ0v) is 14.9. The van der Waals surface area contributed by atoms with Crippen molar-refractivity contribution in [1.82, 2.24) is 14.9 Å². The maximum atomic E-state index is 12.5. The number of nitrogens with zero attached hydrogens (tertiary/aromatic N) is 1. The summed E-state index contributed by atoms with van der Waals surface area (Å²) in [5.41, 5.74) is -0.605. The number of carbonyl (C=O) groups excluding carboxylic acids is 1. The Hall–Kier alpha value is -2.94. The quantitative estimate of drug-likeness (QED) is 0.690. The summed E-state index contributed by atoms with van der Waals surface area (Å²) in [7, 11) is 0. The predicted molar refractivity (Wildman–Crippen MR) is 96.9 cm³/mol. The number of carbonyl (C=O) groups is 2. The molecule has 27 heavy (non-hydrogen) atoms. The van der Waals surface area contributed by atoms with Gasteiger partial charge >= 0.3 is 11.7 Å². The second-order valence-corrected chi connectivity index (χ2v) is 6.51. The molecular formula is C18H21N3O6. The summed E-state index contributed by atoms with van der Waals surface area (Å²) in [5, 5.41) is 12.3. The van der Waals surface area contributed by atoms with Crippen LogP contribution in [0.25, 0.3) is 10.9 Å². The summed E-state index contributed by atoms with van der Waals surface area (Å²) < 4.78 is 6.38. The third-order valence-corrected chi connectivity index (χ3v) is 4.78. The molecule has 3 rings (SSSR count). The number of hydrogen-bond acceptors (Lipinski definition) is 5. The molecule has 144 valence electrons. The Kier molecular flexibility index (Phi) is 5.41. The highest BCUT2D eigenvalue weighted by Crippen LogP contribution is 2.18. The van der Waals surface area contributed by atoms with Gasteiger partial charge < -0.3 is 20.1 Å². The Labute approximate surface area is 154 Å². The van der Waals surface area contributed by atoms with E-state index in [4.69, 9.17) is 4.74 Å². The highest BCUT2D eigenvalue weighted by atomic mass is 16.5. The lowest BCUT2D eigenvalue weighted by Crippen LogP contribution is -2.48. The zero-order valence-electron chi connectivity index (χ0n) is 14.9. The van der Waals surface area contributed by atoms with E-state index in [9.17, 15) is 24.3 Å². The molecule has 3 N–H and O–H groups in total. The van der Waals surface area contributed by atoms with Gasteiger partial charge in [-0.25, -0.2) is 9.59 Å². The van der Waals surface area contributed by atoms with E-state index in [0.29, 0.717) is 13.0 Å². The fourth-order valence-electron chi connectivity index (χ4n) is 3.32. The molecule has 0 radical (unpaired) electrons. The first-order valence-electron chi connectivity index (χ1n) is 8.80. The second-order valence-electron chi connectivity index (χ2n) is 6.51. The van der Waals surface area contributed by atoms with Crippen LogP contribution in [-0.4, -0.2) is 45.8 Å². The third kappa shape index (κ3) is 3.77. The predicted octanol–water partition coefficient (Wildman–Crippen LogP) is 0.319. The minimum Gasteiger partial charge on any atom is -0.480 e. The average Bonchev–Trinajstić information content (AvgIpc) is 2.66. The molecule has 0 aliphatic carbocycles. The Morgan fingerprint density at radius 2 is 2.19 bits per heavy atom. The molecule has 1 aliphatic heterocycles. The van der Waals surface area contributed by atoms with Gasteiger partial charge in [0.1, 0.15) is 6.04 Å². The normalized spacial score (nSPS) is 18.2. The highest BCUT2D eigenvalue weighted by Gasteiger charge is 2.31. The lowest BCUT2D eigenvalue weighted by Gasteiger charge is -2.28. The van der Waals surface area contributed by atoms with Crippen molar-refractivity contribution in [2.24, 2.45) is 5.92 Å². The summed E-state index contributed by atoms with van der Waals surface area (Å²) in [6.45, 7) is 2.78. The Morgan fingerprint density at radius 1 is 1.41 bits per heavy atom. The minimum absolute atomic E-state index is 0.162. The molecule has 1 aromatic carbocycles. The van der Waals surface area contributed by atoms with Crippen LogP contribution in [0.3, 0.4) is 0 Å². The molecular weight excluding hydrogens is 354 g/mol. The van der Waals surface area contributed by atoms with Gasteiger partial charge in [0.15, 0.2) is 0 Å². The standard InChI is InChI=1S/C18H21N3O6/c1-2-21-16(23)12-6-5-10(8-13(12)19-18(21)26)15(22)20-14(17(24)25)11-4-3-7-27-9-11/h5-6,8,11,14H,2-4,7,9H2,1H3,(H,19,26)(H,20,22)(H,24,25)/t11-,14+/m0/s1. The van der Waals surface area contributed by atoms with Crippen molar-refractivity contribution in [3.05, 3.63) is 44.6 Å². The Balaban J connectivity index is 1.89. The number of hydrogen-bond donors (Lipinski definition) is 3. The first-order chi connectivity index (χ1) is 12.9. The van der Waals surface area contributed by atoms with Gasteiger partial charge in [-0.3, -0.25) is 14.2 Å². The highest BCUT2D eigenvalue weighted by molar-refractivity contribution is 5.99. The number of benzene rings is 1. The van der Waals surface area contributed by atoms with Crippen molar-refractivity contribution >= 4 is 22.8 Å². The SMILES string of the molecule is CCn1c(=O)[nH]c2cc(C(=O)N[C@@H](C(=O)O)[C@H]3CCCOC3)ccc2c1=O. The van der Waals surface area contributed by atoms with Crippen LogP contribution < -0.4 is 16.6 Å². The number of aromatic amines is 1. The van der Waals surface area contributed by atoms with Crippen molar-refractivity contribution in [2.75, 3.05) is 13.2 Å². The lowest BCUT2D eigenvalue weighted by molar-refractivity contribution is -0.142. The zero-order chi connectivity index (χ0) is 19.6. The summed E-state index contributed by atoms with van der Waals surface area (Å²) in [5.74, 6) is -2.02. The van der Waals surface area contributed by atoms with E-state index in [1.165, 1.54) is 18.2 Å². The number of carboxylic acids is 1. The molecule has 1 amide bonds. The second kappa shape index (κ2) is 7.75. The molecule has 1 saturated heterocycles. The van der Waals surface area contributed by atoms with Crippen molar-refractivity contribution in [3.8, 4) is 0 Å². The number of H-pyrrole nitrogens is 1. The summed E-state index contributed by atoms with van der Waals surface area (Å²) in [6, 6.07) is 3.20. The smallest absolute Gasteiger partial charge is 0.328 e. The van der Waals surface area contributed by atoms with Gasteiger partial charge in [-0.15, -0.1) is 0 Å².